The van der Waals surface area contributed by atoms with Gasteiger partial charge in [0.15, 0.2) is 0 Å². The first kappa shape index (κ1) is 13.5. The van der Waals surface area contributed by atoms with Crippen molar-refractivity contribution in [3.05, 3.63) is 22.3 Å². The van der Waals surface area contributed by atoms with E-state index in [9.17, 15) is 4.79 Å². The van der Waals surface area contributed by atoms with E-state index in [1.54, 1.807) is 0 Å². The van der Waals surface area contributed by atoms with Crippen LogP contribution in [0.5, 0.6) is 0 Å². The quantitative estimate of drug-likeness (QED) is 0.914. The number of carbonyl (C=O) groups is 1. The molecule has 0 spiro atoms. The van der Waals surface area contributed by atoms with Crippen molar-refractivity contribution in [2.24, 2.45) is 5.92 Å². The molecule has 4 heteroatoms. The molecular weight excluding hydrogens is 292 g/mol. The maximum Gasteiger partial charge on any atom is 0.225 e. The Morgan fingerprint density at radius 1 is 1.39 bits per heavy atom. The SMILES string of the molecule is Cc1nc(NC(=O)CC2CCCCC2)ccc1Br. The number of nitrogens with zero attached hydrogens (tertiary/aromatic N) is 1. The molecular formula is C14H19BrN2O. The fraction of sp³-hybridized carbons (Fsp3) is 0.571. The summed E-state index contributed by atoms with van der Waals surface area (Å²) in [4.78, 5) is 16.2. The average Bonchev–Trinajstić information content (AvgIpc) is 2.35. The summed E-state index contributed by atoms with van der Waals surface area (Å²) in [5.74, 6) is 1.31. The second kappa shape index (κ2) is 6.32. The van der Waals surface area contributed by atoms with Crippen LogP contribution < -0.4 is 5.32 Å². The molecule has 1 amide bonds. The molecule has 0 aromatic carbocycles. The van der Waals surface area contributed by atoms with Gasteiger partial charge in [-0.15, -0.1) is 0 Å². The summed E-state index contributed by atoms with van der Waals surface area (Å²) in [5, 5.41) is 2.89. The maximum absolute atomic E-state index is 11.9. The van der Waals surface area contributed by atoms with Crippen LogP contribution in [0.1, 0.15) is 44.2 Å². The number of hydrogen-bond acceptors (Lipinski definition) is 2. The summed E-state index contributed by atoms with van der Waals surface area (Å²) >= 11 is 3.40. The van der Waals surface area contributed by atoms with Gasteiger partial charge in [0.05, 0.1) is 5.69 Å². The van der Waals surface area contributed by atoms with E-state index in [2.05, 4.69) is 26.2 Å². The van der Waals surface area contributed by atoms with Crippen molar-refractivity contribution < 1.29 is 4.79 Å². The Labute approximate surface area is 117 Å². The summed E-state index contributed by atoms with van der Waals surface area (Å²) in [6.45, 7) is 1.92. The number of halogens is 1. The lowest BCUT2D eigenvalue weighted by Crippen LogP contribution is -2.19. The van der Waals surface area contributed by atoms with E-state index in [4.69, 9.17) is 0 Å². The molecule has 0 atom stereocenters. The van der Waals surface area contributed by atoms with Crippen LogP contribution in [0, 0.1) is 12.8 Å². The van der Waals surface area contributed by atoms with Crippen LogP contribution in [-0.2, 0) is 4.79 Å². The first-order valence-corrected chi connectivity index (χ1v) is 7.37. The zero-order valence-corrected chi connectivity index (χ0v) is 12.3. The molecule has 1 aromatic rings. The molecule has 1 fully saturated rings. The van der Waals surface area contributed by atoms with Gasteiger partial charge >= 0.3 is 0 Å². The van der Waals surface area contributed by atoms with Gasteiger partial charge in [0, 0.05) is 10.9 Å². The summed E-state index contributed by atoms with van der Waals surface area (Å²) in [6, 6.07) is 3.74. The third kappa shape index (κ3) is 3.80. The zero-order valence-electron chi connectivity index (χ0n) is 10.7. The summed E-state index contributed by atoms with van der Waals surface area (Å²) in [5.41, 5.74) is 0.894. The number of rotatable bonds is 3. The van der Waals surface area contributed by atoms with Crippen molar-refractivity contribution >= 4 is 27.7 Å². The Kier molecular flexibility index (Phi) is 4.75. The Morgan fingerprint density at radius 3 is 2.78 bits per heavy atom. The first-order valence-electron chi connectivity index (χ1n) is 6.58. The van der Waals surface area contributed by atoms with Crippen LogP contribution in [0.2, 0.25) is 0 Å². The largest absolute Gasteiger partial charge is 0.311 e. The van der Waals surface area contributed by atoms with Crippen molar-refractivity contribution in [2.45, 2.75) is 45.4 Å². The first-order chi connectivity index (χ1) is 8.65. The molecule has 18 heavy (non-hydrogen) atoms. The van der Waals surface area contributed by atoms with Gasteiger partial charge in [0.2, 0.25) is 5.91 Å². The predicted octanol–water partition coefficient (Wildman–Crippen LogP) is 4.06. The van der Waals surface area contributed by atoms with Crippen LogP contribution in [0.4, 0.5) is 5.82 Å². The highest BCUT2D eigenvalue weighted by Crippen LogP contribution is 2.26. The second-order valence-electron chi connectivity index (χ2n) is 5.02. The summed E-state index contributed by atoms with van der Waals surface area (Å²) < 4.78 is 0.966. The lowest BCUT2D eigenvalue weighted by Gasteiger charge is -2.20. The van der Waals surface area contributed by atoms with Gasteiger partial charge in [-0.3, -0.25) is 4.79 Å². The number of anilines is 1. The molecule has 1 aliphatic rings. The summed E-state index contributed by atoms with van der Waals surface area (Å²) in [6.07, 6.45) is 6.89. The molecule has 1 N–H and O–H groups in total. The molecule has 0 bridgehead atoms. The average molecular weight is 311 g/mol. The molecule has 1 saturated carbocycles. The van der Waals surface area contributed by atoms with Crippen molar-refractivity contribution in [1.82, 2.24) is 4.98 Å². The molecule has 3 nitrogen and oxygen atoms in total. The van der Waals surface area contributed by atoms with Crippen LogP contribution >= 0.6 is 15.9 Å². The monoisotopic (exact) mass is 310 g/mol. The van der Waals surface area contributed by atoms with E-state index in [1.165, 1.54) is 32.1 Å². The molecule has 2 rings (SSSR count). The number of aromatic nitrogens is 1. The van der Waals surface area contributed by atoms with Crippen molar-refractivity contribution in [3.8, 4) is 0 Å². The fourth-order valence-corrected chi connectivity index (χ4v) is 2.68. The third-order valence-electron chi connectivity index (χ3n) is 3.49. The van der Waals surface area contributed by atoms with E-state index in [0.717, 1.165) is 10.2 Å². The number of aryl methyl sites for hydroxylation is 1. The highest BCUT2D eigenvalue weighted by molar-refractivity contribution is 9.10. The number of amides is 1. The Bertz CT molecular complexity index is 428. The maximum atomic E-state index is 11.9. The van der Waals surface area contributed by atoms with E-state index in [0.29, 0.717) is 18.2 Å². The molecule has 0 aliphatic heterocycles. The predicted molar refractivity (Wildman–Crippen MR) is 76.5 cm³/mol. The molecule has 0 radical (unpaired) electrons. The Hall–Kier alpha value is -0.900. The van der Waals surface area contributed by atoms with Gasteiger partial charge in [-0.05, 0) is 53.7 Å². The highest BCUT2D eigenvalue weighted by atomic mass is 79.9. The van der Waals surface area contributed by atoms with Crippen molar-refractivity contribution in [1.29, 1.82) is 0 Å². The number of nitrogens with one attached hydrogen (secondary N) is 1. The standard InChI is InChI=1S/C14H19BrN2O/c1-10-12(15)7-8-13(16-10)17-14(18)9-11-5-3-2-4-6-11/h7-8,11H,2-6,9H2,1H3,(H,16,17,18). The van der Waals surface area contributed by atoms with Crippen LogP contribution in [-0.4, -0.2) is 10.9 Å². The Morgan fingerprint density at radius 2 is 2.11 bits per heavy atom. The van der Waals surface area contributed by atoms with Gasteiger partial charge in [0.25, 0.3) is 0 Å². The van der Waals surface area contributed by atoms with E-state index in [-0.39, 0.29) is 5.91 Å². The van der Waals surface area contributed by atoms with Crippen LogP contribution in [0.3, 0.4) is 0 Å². The fourth-order valence-electron chi connectivity index (χ4n) is 2.46. The highest BCUT2D eigenvalue weighted by Gasteiger charge is 2.17. The normalized spacial score (nSPS) is 16.6. The lowest BCUT2D eigenvalue weighted by molar-refractivity contribution is -0.117. The van der Waals surface area contributed by atoms with Crippen LogP contribution in [0.25, 0.3) is 0 Å². The van der Waals surface area contributed by atoms with E-state index >= 15 is 0 Å². The topological polar surface area (TPSA) is 42.0 Å². The molecule has 0 saturated heterocycles. The number of hydrogen-bond donors (Lipinski definition) is 1. The molecule has 1 aliphatic carbocycles. The van der Waals surface area contributed by atoms with Gasteiger partial charge in [-0.25, -0.2) is 4.98 Å². The molecule has 1 heterocycles. The van der Waals surface area contributed by atoms with Gasteiger partial charge in [-0.1, -0.05) is 19.3 Å². The van der Waals surface area contributed by atoms with E-state index in [1.807, 2.05) is 19.1 Å². The number of pyridine rings is 1. The molecule has 98 valence electrons. The molecule has 0 unspecified atom stereocenters. The van der Waals surface area contributed by atoms with Gasteiger partial charge in [-0.2, -0.15) is 0 Å². The third-order valence-corrected chi connectivity index (χ3v) is 4.33. The smallest absolute Gasteiger partial charge is 0.225 e. The van der Waals surface area contributed by atoms with E-state index < -0.39 is 0 Å². The molecule has 1 aromatic heterocycles. The van der Waals surface area contributed by atoms with Crippen LogP contribution in [0.15, 0.2) is 16.6 Å². The lowest BCUT2D eigenvalue weighted by atomic mass is 9.87. The van der Waals surface area contributed by atoms with Gasteiger partial charge in [0.1, 0.15) is 5.82 Å². The zero-order chi connectivity index (χ0) is 13.0. The van der Waals surface area contributed by atoms with Crippen molar-refractivity contribution in [3.63, 3.8) is 0 Å². The second-order valence-corrected chi connectivity index (χ2v) is 5.87. The van der Waals surface area contributed by atoms with Crippen molar-refractivity contribution in [2.75, 3.05) is 5.32 Å². The minimum atomic E-state index is 0.0936. The number of carbonyl (C=O) groups excluding carboxylic acids is 1. The van der Waals surface area contributed by atoms with Gasteiger partial charge < -0.3 is 5.32 Å². The minimum absolute atomic E-state index is 0.0936. The Balaban J connectivity index is 1.88. The minimum Gasteiger partial charge on any atom is -0.311 e. The summed E-state index contributed by atoms with van der Waals surface area (Å²) in [7, 11) is 0.